The van der Waals surface area contributed by atoms with Gasteiger partial charge in [0.1, 0.15) is 11.6 Å². The zero-order valence-corrected chi connectivity index (χ0v) is 11.6. The van der Waals surface area contributed by atoms with Gasteiger partial charge in [-0.2, -0.15) is 0 Å². The van der Waals surface area contributed by atoms with Crippen molar-refractivity contribution in [2.24, 2.45) is 0 Å². The third kappa shape index (κ3) is 2.78. The van der Waals surface area contributed by atoms with Crippen molar-refractivity contribution in [3.05, 3.63) is 53.3 Å². The summed E-state index contributed by atoms with van der Waals surface area (Å²) >= 11 is 0. The van der Waals surface area contributed by atoms with Gasteiger partial charge in [0.25, 0.3) is 0 Å². The minimum Gasteiger partial charge on any atom is -0.508 e. The third-order valence-corrected chi connectivity index (χ3v) is 3.53. The van der Waals surface area contributed by atoms with Crippen LogP contribution in [0.3, 0.4) is 0 Å². The van der Waals surface area contributed by atoms with E-state index in [-0.39, 0.29) is 24.4 Å². The predicted molar refractivity (Wildman–Crippen MR) is 75.9 cm³/mol. The molecule has 0 aromatic heterocycles. The molecule has 0 amide bonds. The first-order chi connectivity index (χ1) is 10.1. The summed E-state index contributed by atoms with van der Waals surface area (Å²) in [6.07, 6.45) is 0. The number of hydrogen-bond acceptors (Lipinski definition) is 4. The minimum absolute atomic E-state index is 0.0780. The highest BCUT2D eigenvalue weighted by atomic mass is 19.1. The van der Waals surface area contributed by atoms with Crippen LogP contribution in [-0.4, -0.2) is 11.9 Å². The minimum atomic E-state index is -0.367. The van der Waals surface area contributed by atoms with Gasteiger partial charge in [0, 0.05) is 23.7 Å². The fourth-order valence-electron chi connectivity index (χ4n) is 2.38. The second-order valence-electron chi connectivity index (χ2n) is 4.96. The molecule has 1 unspecified atom stereocenters. The molecule has 4 nitrogen and oxygen atoms in total. The zero-order valence-electron chi connectivity index (χ0n) is 11.6. The number of halogens is 1. The first-order valence-corrected chi connectivity index (χ1v) is 6.74. The molecular formula is C16H16FNO3. The van der Waals surface area contributed by atoms with E-state index in [1.165, 1.54) is 18.2 Å². The van der Waals surface area contributed by atoms with Crippen molar-refractivity contribution in [3.63, 3.8) is 0 Å². The molecule has 1 atom stereocenters. The number of hydrogen-bond donors (Lipinski definition) is 2. The lowest BCUT2D eigenvalue weighted by Crippen LogP contribution is -2.18. The summed E-state index contributed by atoms with van der Waals surface area (Å²) in [6, 6.07) is 9.43. The Morgan fingerprint density at radius 3 is 3.00 bits per heavy atom. The molecule has 0 fully saturated rings. The van der Waals surface area contributed by atoms with Crippen molar-refractivity contribution in [1.29, 1.82) is 0 Å². The fraction of sp³-hybridized carbons (Fsp3) is 0.250. The molecule has 0 radical (unpaired) electrons. The summed E-state index contributed by atoms with van der Waals surface area (Å²) in [6.45, 7) is 2.63. The molecule has 0 aliphatic carbocycles. The molecular weight excluding hydrogens is 273 g/mol. The second kappa shape index (κ2) is 5.61. The highest BCUT2D eigenvalue weighted by Crippen LogP contribution is 2.35. The van der Waals surface area contributed by atoms with Crippen LogP contribution in [0, 0.1) is 5.82 Å². The molecule has 1 heterocycles. The lowest BCUT2D eigenvalue weighted by Gasteiger charge is -2.16. The first kappa shape index (κ1) is 13.7. The summed E-state index contributed by atoms with van der Waals surface area (Å²) in [5.41, 5.74) is 1.49. The lowest BCUT2D eigenvalue weighted by molar-refractivity contribution is 0.173. The fourth-order valence-corrected chi connectivity index (χ4v) is 2.38. The van der Waals surface area contributed by atoms with Gasteiger partial charge in [-0.05, 0) is 31.2 Å². The Labute approximate surface area is 122 Å². The van der Waals surface area contributed by atoms with Crippen LogP contribution in [0.5, 0.6) is 17.2 Å². The van der Waals surface area contributed by atoms with Crippen LogP contribution in [0.2, 0.25) is 0 Å². The highest BCUT2D eigenvalue weighted by molar-refractivity contribution is 5.48. The van der Waals surface area contributed by atoms with E-state index in [4.69, 9.17) is 9.47 Å². The number of fused-ring (bicyclic) bond motifs is 1. The quantitative estimate of drug-likeness (QED) is 0.908. The lowest BCUT2D eigenvalue weighted by atomic mass is 10.1. The van der Waals surface area contributed by atoms with Gasteiger partial charge in [0.05, 0.1) is 0 Å². The number of aromatic hydroxyl groups is 1. The van der Waals surface area contributed by atoms with Crippen molar-refractivity contribution in [1.82, 2.24) is 5.32 Å². The molecule has 1 aliphatic rings. The van der Waals surface area contributed by atoms with Gasteiger partial charge in [-0.1, -0.05) is 12.1 Å². The van der Waals surface area contributed by atoms with E-state index in [0.29, 0.717) is 12.1 Å². The molecule has 21 heavy (non-hydrogen) atoms. The molecule has 0 saturated carbocycles. The van der Waals surface area contributed by atoms with Crippen LogP contribution in [0.4, 0.5) is 4.39 Å². The van der Waals surface area contributed by atoms with E-state index in [1.54, 1.807) is 0 Å². The summed E-state index contributed by atoms with van der Waals surface area (Å²) in [5.74, 6) is 1.18. The molecule has 110 valence electrons. The monoisotopic (exact) mass is 289 g/mol. The molecule has 0 saturated heterocycles. The van der Waals surface area contributed by atoms with Crippen LogP contribution in [0.15, 0.2) is 36.4 Å². The van der Waals surface area contributed by atoms with Gasteiger partial charge < -0.3 is 19.9 Å². The Morgan fingerprint density at radius 2 is 2.14 bits per heavy atom. The zero-order chi connectivity index (χ0) is 14.8. The first-order valence-electron chi connectivity index (χ1n) is 6.74. The van der Waals surface area contributed by atoms with Gasteiger partial charge in [0.15, 0.2) is 11.5 Å². The summed E-state index contributed by atoms with van der Waals surface area (Å²) < 4.78 is 24.0. The molecule has 2 N–H and O–H groups in total. The van der Waals surface area contributed by atoms with Crippen LogP contribution < -0.4 is 14.8 Å². The Kier molecular flexibility index (Phi) is 3.66. The van der Waals surface area contributed by atoms with Crippen molar-refractivity contribution in [2.45, 2.75) is 19.5 Å². The SMILES string of the molecule is CC(NCc1cccc2c1OCO2)c1cc(F)ccc1O. The van der Waals surface area contributed by atoms with Gasteiger partial charge >= 0.3 is 0 Å². The Balaban J connectivity index is 1.73. The highest BCUT2D eigenvalue weighted by Gasteiger charge is 2.18. The number of ether oxygens (including phenoxy) is 2. The number of rotatable bonds is 4. The average molecular weight is 289 g/mol. The third-order valence-electron chi connectivity index (χ3n) is 3.53. The second-order valence-corrected chi connectivity index (χ2v) is 4.96. The maximum atomic E-state index is 13.3. The molecule has 1 aliphatic heterocycles. The topological polar surface area (TPSA) is 50.7 Å². The Morgan fingerprint density at radius 1 is 1.29 bits per heavy atom. The van der Waals surface area contributed by atoms with Crippen molar-refractivity contribution < 1.29 is 19.0 Å². The van der Waals surface area contributed by atoms with Crippen molar-refractivity contribution in [2.75, 3.05) is 6.79 Å². The largest absolute Gasteiger partial charge is 0.508 e. The van der Waals surface area contributed by atoms with Crippen LogP contribution >= 0.6 is 0 Å². The maximum absolute atomic E-state index is 13.3. The average Bonchev–Trinajstić information content (AvgIpc) is 2.96. The molecule has 2 aromatic carbocycles. The Bertz CT molecular complexity index is 660. The maximum Gasteiger partial charge on any atom is 0.231 e. The number of benzene rings is 2. The molecule has 3 rings (SSSR count). The normalized spacial score (nSPS) is 14.2. The van der Waals surface area contributed by atoms with E-state index in [2.05, 4.69) is 5.32 Å². The smallest absolute Gasteiger partial charge is 0.231 e. The van der Waals surface area contributed by atoms with Crippen LogP contribution in [0.25, 0.3) is 0 Å². The van der Waals surface area contributed by atoms with Gasteiger partial charge in [-0.3, -0.25) is 0 Å². The summed E-state index contributed by atoms with van der Waals surface area (Å²) in [5, 5.41) is 13.1. The van der Waals surface area contributed by atoms with Crippen molar-refractivity contribution >= 4 is 0 Å². The Hall–Kier alpha value is -2.27. The number of para-hydroxylation sites is 1. The summed E-state index contributed by atoms with van der Waals surface area (Å²) in [7, 11) is 0. The molecule has 0 spiro atoms. The van der Waals surface area contributed by atoms with Gasteiger partial charge in [-0.15, -0.1) is 0 Å². The van der Waals surface area contributed by atoms with E-state index >= 15 is 0 Å². The van der Waals surface area contributed by atoms with E-state index in [1.807, 2.05) is 25.1 Å². The van der Waals surface area contributed by atoms with E-state index in [9.17, 15) is 9.50 Å². The van der Waals surface area contributed by atoms with Crippen molar-refractivity contribution in [3.8, 4) is 17.2 Å². The van der Waals surface area contributed by atoms with Crippen LogP contribution in [0.1, 0.15) is 24.1 Å². The van der Waals surface area contributed by atoms with Crippen LogP contribution in [-0.2, 0) is 6.54 Å². The molecule has 5 heteroatoms. The standard InChI is InChI=1S/C16H16FNO3/c1-10(13-7-12(17)5-6-14(13)19)18-8-11-3-2-4-15-16(11)21-9-20-15/h2-7,10,18-19H,8-9H2,1H3. The van der Waals surface area contributed by atoms with E-state index in [0.717, 1.165) is 17.1 Å². The number of phenolic OH excluding ortho intramolecular Hbond substituents is 1. The molecule has 2 aromatic rings. The summed E-state index contributed by atoms with van der Waals surface area (Å²) in [4.78, 5) is 0. The molecule has 0 bridgehead atoms. The number of phenols is 1. The van der Waals surface area contributed by atoms with E-state index < -0.39 is 0 Å². The van der Waals surface area contributed by atoms with Gasteiger partial charge in [-0.25, -0.2) is 4.39 Å². The predicted octanol–water partition coefficient (Wildman–Crippen LogP) is 3.11. The number of nitrogens with one attached hydrogen (secondary N) is 1. The van der Waals surface area contributed by atoms with Gasteiger partial charge in [0.2, 0.25) is 6.79 Å².